The van der Waals surface area contributed by atoms with Crippen LogP contribution in [-0.2, 0) is 6.54 Å². The first kappa shape index (κ1) is 10.3. The van der Waals surface area contributed by atoms with E-state index in [-0.39, 0.29) is 0 Å². The number of rotatable bonds is 3. The summed E-state index contributed by atoms with van der Waals surface area (Å²) < 4.78 is 0. The minimum absolute atomic E-state index is 0.814. The van der Waals surface area contributed by atoms with Gasteiger partial charge < -0.3 is 5.32 Å². The molecule has 84 valence electrons. The standard InChI is InChI=1S/C14H12N2S/c1-2-7-13-11(4-1)5-3-6-12(13)10-16-14-15-8-9-17-14/h1-9H,10H2,(H,15,16). The van der Waals surface area contributed by atoms with Crippen LogP contribution in [0.15, 0.2) is 54.0 Å². The summed E-state index contributed by atoms with van der Waals surface area (Å²) >= 11 is 1.63. The number of hydrogen-bond donors (Lipinski definition) is 1. The largest absolute Gasteiger partial charge is 0.357 e. The number of benzene rings is 2. The number of nitrogens with zero attached hydrogens (tertiary/aromatic N) is 1. The molecule has 0 amide bonds. The summed E-state index contributed by atoms with van der Waals surface area (Å²) in [6, 6.07) is 14.8. The second kappa shape index (κ2) is 4.55. The highest BCUT2D eigenvalue weighted by Gasteiger charge is 2.00. The van der Waals surface area contributed by atoms with Crippen LogP contribution in [0.4, 0.5) is 5.13 Å². The molecule has 3 heteroatoms. The summed E-state index contributed by atoms with van der Waals surface area (Å²) in [5, 5.41) is 8.88. The molecular weight excluding hydrogens is 228 g/mol. The van der Waals surface area contributed by atoms with Gasteiger partial charge in [-0.3, -0.25) is 0 Å². The van der Waals surface area contributed by atoms with E-state index in [9.17, 15) is 0 Å². The molecule has 0 aliphatic carbocycles. The Morgan fingerprint density at radius 2 is 1.94 bits per heavy atom. The molecule has 3 rings (SSSR count). The maximum absolute atomic E-state index is 4.22. The second-order valence-corrected chi connectivity index (χ2v) is 4.72. The Kier molecular flexibility index (Phi) is 2.76. The Labute approximate surface area is 104 Å². The average Bonchev–Trinajstić information content (AvgIpc) is 2.89. The molecule has 0 atom stereocenters. The molecule has 1 heterocycles. The maximum atomic E-state index is 4.22. The molecule has 0 bridgehead atoms. The summed E-state index contributed by atoms with van der Waals surface area (Å²) in [6.45, 7) is 0.814. The highest BCUT2D eigenvalue weighted by Crippen LogP contribution is 2.20. The van der Waals surface area contributed by atoms with Gasteiger partial charge >= 0.3 is 0 Å². The van der Waals surface area contributed by atoms with Crippen LogP contribution in [-0.4, -0.2) is 4.98 Å². The fourth-order valence-corrected chi connectivity index (χ4v) is 2.46. The molecule has 2 nitrogen and oxygen atoms in total. The van der Waals surface area contributed by atoms with Crippen molar-refractivity contribution in [2.75, 3.05) is 5.32 Å². The third-order valence-electron chi connectivity index (χ3n) is 2.74. The molecule has 0 saturated heterocycles. The topological polar surface area (TPSA) is 24.9 Å². The molecule has 17 heavy (non-hydrogen) atoms. The van der Waals surface area contributed by atoms with Gasteiger partial charge in [0.2, 0.25) is 0 Å². The van der Waals surface area contributed by atoms with Crippen molar-refractivity contribution in [3.8, 4) is 0 Å². The number of aromatic nitrogens is 1. The molecule has 0 fully saturated rings. The van der Waals surface area contributed by atoms with Crippen LogP contribution in [0, 0.1) is 0 Å². The van der Waals surface area contributed by atoms with Crippen molar-refractivity contribution in [3.63, 3.8) is 0 Å². The molecule has 1 aromatic heterocycles. The third kappa shape index (κ3) is 2.15. The zero-order chi connectivity index (χ0) is 11.5. The smallest absolute Gasteiger partial charge is 0.182 e. The van der Waals surface area contributed by atoms with Gasteiger partial charge in [-0.15, -0.1) is 11.3 Å². The van der Waals surface area contributed by atoms with Crippen LogP contribution < -0.4 is 5.32 Å². The Balaban J connectivity index is 1.90. The first-order valence-corrected chi connectivity index (χ1v) is 6.41. The minimum Gasteiger partial charge on any atom is -0.357 e. The average molecular weight is 240 g/mol. The van der Waals surface area contributed by atoms with Gasteiger partial charge in [-0.25, -0.2) is 4.98 Å². The summed E-state index contributed by atoms with van der Waals surface area (Å²) in [5.74, 6) is 0. The molecule has 0 aliphatic heterocycles. The van der Waals surface area contributed by atoms with E-state index < -0.39 is 0 Å². The molecule has 0 saturated carbocycles. The highest BCUT2D eigenvalue weighted by atomic mass is 32.1. The SMILES string of the molecule is c1ccc2c(CNc3nccs3)cccc2c1. The van der Waals surface area contributed by atoms with Gasteiger partial charge in [0.1, 0.15) is 0 Å². The van der Waals surface area contributed by atoms with Crippen LogP contribution in [0.25, 0.3) is 10.8 Å². The summed E-state index contributed by atoms with van der Waals surface area (Å²) in [6.07, 6.45) is 1.82. The van der Waals surface area contributed by atoms with E-state index in [4.69, 9.17) is 0 Å². The fourth-order valence-electron chi connectivity index (χ4n) is 1.93. The van der Waals surface area contributed by atoms with Crippen molar-refractivity contribution in [1.82, 2.24) is 4.98 Å². The Hall–Kier alpha value is -1.87. The summed E-state index contributed by atoms with van der Waals surface area (Å²) in [7, 11) is 0. The fraction of sp³-hybridized carbons (Fsp3) is 0.0714. The number of fused-ring (bicyclic) bond motifs is 1. The number of nitrogens with one attached hydrogen (secondary N) is 1. The van der Waals surface area contributed by atoms with Gasteiger partial charge in [0.05, 0.1) is 0 Å². The van der Waals surface area contributed by atoms with Crippen LogP contribution in [0.3, 0.4) is 0 Å². The highest BCUT2D eigenvalue weighted by molar-refractivity contribution is 7.13. The first-order valence-electron chi connectivity index (χ1n) is 5.53. The molecule has 0 spiro atoms. The van der Waals surface area contributed by atoms with Crippen LogP contribution >= 0.6 is 11.3 Å². The predicted molar refractivity (Wildman–Crippen MR) is 73.4 cm³/mol. The van der Waals surface area contributed by atoms with E-state index in [0.717, 1.165) is 11.7 Å². The molecule has 3 aromatic rings. The quantitative estimate of drug-likeness (QED) is 0.750. The van der Waals surface area contributed by atoms with E-state index in [1.165, 1.54) is 16.3 Å². The summed E-state index contributed by atoms with van der Waals surface area (Å²) in [4.78, 5) is 4.22. The molecule has 0 unspecified atom stereocenters. The summed E-state index contributed by atoms with van der Waals surface area (Å²) in [5.41, 5.74) is 1.30. The van der Waals surface area contributed by atoms with Crippen molar-refractivity contribution in [2.24, 2.45) is 0 Å². The number of hydrogen-bond acceptors (Lipinski definition) is 3. The van der Waals surface area contributed by atoms with Crippen molar-refractivity contribution in [3.05, 3.63) is 59.6 Å². The first-order chi connectivity index (χ1) is 8.43. The predicted octanol–water partition coefficient (Wildman–Crippen LogP) is 3.91. The minimum atomic E-state index is 0.814. The zero-order valence-electron chi connectivity index (χ0n) is 9.26. The number of thiazole rings is 1. The molecule has 2 aromatic carbocycles. The van der Waals surface area contributed by atoms with Gasteiger partial charge in [-0.1, -0.05) is 42.5 Å². The molecule has 0 radical (unpaired) electrons. The van der Waals surface area contributed by atoms with E-state index in [0.29, 0.717) is 0 Å². The second-order valence-electron chi connectivity index (χ2n) is 3.83. The lowest BCUT2D eigenvalue weighted by atomic mass is 10.0. The lowest BCUT2D eigenvalue weighted by Gasteiger charge is -2.07. The van der Waals surface area contributed by atoms with Gasteiger partial charge in [0, 0.05) is 18.1 Å². The van der Waals surface area contributed by atoms with Gasteiger partial charge in [-0.2, -0.15) is 0 Å². The van der Waals surface area contributed by atoms with Gasteiger partial charge in [0.25, 0.3) is 0 Å². The number of anilines is 1. The van der Waals surface area contributed by atoms with Crippen LogP contribution in [0.1, 0.15) is 5.56 Å². The van der Waals surface area contributed by atoms with E-state index >= 15 is 0 Å². The maximum Gasteiger partial charge on any atom is 0.182 e. The van der Waals surface area contributed by atoms with Gasteiger partial charge in [0.15, 0.2) is 5.13 Å². The molecule has 0 aliphatic rings. The Morgan fingerprint density at radius 1 is 1.06 bits per heavy atom. The lowest BCUT2D eigenvalue weighted by Crippen LogP contribution is -1.99. The van der Waals surface area contributed by atoms with E-state index in [1.54, 1.807) is 11.3 Å². The van der Waals surface area contributed by atoms with Crippen molar-refractivity contribution in [1.29, 1.82) is 0 Å². The molecular formula is C14H12N2S. The van der Waals surface area contributed by atoms with Crippen molar-refractivity contribution < 1.29 is 0 Å². The Morgan fingerprint density at radius 3 is 2.82 bits per heavy atom. The molecule has 1 N–H and O–H groups in total. The van der Waals surface area contributed by atoms with Crippen LogP contribution in [0.5, 0.6) is 0 Å². The zero-order valence-corrected chi connectivity index (χ0v) is 10.1. The van der Waals surface area contributed by atoms with E-state index in [1.807, 2.05) is 11.6 Å². The lowest BCUT2D eigenvalue weighted by molar-refractivity contribution is 1.15. The Bertz CT molecular complexity index is 612. The monoisotopic (exact) mass is 240 g/mol. The normalized spacial score (nSPS) is 10.6. The van der Waals surface area contributed by atoms with Gasteiger partial charge in [-0.05, 0) is 16.3 Å². The van der Waals surface area contributed by atoms with E-state index in [2.05, 4.69) is 52.8 Å². The van der Waals surface area contributed by atoms with Crippen LogP contribution in [0.2, 0.25) is 0 Å². The third-order valence-corrected chi connectivity index (χ3v) is 3.47. The van der Waals surface area contributed by atoms with Crippen molar-refractivity contribution in [2.45, 2.75) is 6.54 Å². The van der Waals surface area contributed by atoms with Crippen molar-refractivity contribution >= 4 is 27.2 Å².